The Morgan fingerprint density at radius 2 is 2.10 bits per heavy atom. The van der Waals surface area contributed by atoms with Gasteiger partial charge < -0.3 is 4.90 Å². The normalized spacial score (nSPS) is 17.8. The van der Waals surface area contributed by atoms with Crippen LogP contribution in [0, 0.1) is 6.92 Å². The molecule has 1 unspecified atom stereocenters. The van der Waals surface area contributed by atoms with Crippen molar-refractivity contribution in [3.63, 3.8) is 0 Å². The third-order valence-electron chi connectivity index (χ3n) is 5.30. The number of piperidine rings is 1. The van der Waals surface area contributed by atoms with Crippen molar-refractivity contribution >= 4 is 21.5 Å². The summed E-state index contributed by atoms with van der Waals surface area (Å²) in [5.41, 5.74) is 1.81. The van der Waals surface area contributed by atoms with Crippen molar-refractivity contribution in [3.05, 3.63) is 35.7 Å². The van der Waals surface area contributed by atoms with Crippen molar-refractivity contribution in [3.8, 4) is 0 Å². The molecule has 0 bridgehead atoms. The minimum absolute atomic E-state index is 0.0864. The van der Waals surface area contributed by atoms with Gasteiger partial charge in [-0.1, -0.05) is 0 Å². The van der Waals surface area contributed by atoms with Gasteiger partial charge in [-0.3, -0.25) is 9.48 Å². The summed E-state index contributed by atoms with van der Waals surface area (Å²) in [5.74, 6) is 0.0683. The molecule has 0 aliphatic carbocycles. The van der Waals surface area contributed by atoms with Gasteiger partial charge in [-0.05, 0) is 26.7 Å². The highest BCUT2D eigenvalue weighted by Gasteiger charge is 2.32. The van der Waals surface area contributed by atoms with E-state index in [9.17, 15) is 13.2 Å². The Labute approximate surface area is 168 Å². The summed E-state index contributed by atoms with van der Waals surface area (Å²) in [6, 6.07) is 0. The van der Waals surface area contributed by atoms with Gasteiger partial charge in [0.05, 0.1) is 23.1 Å². The smallest absolute Gasteiger partial charge is 0.257 e. The first kappa shape index (κ1) is 19.5. The molecule has 29 heavy (non-hydrogen) atoms. The van der Waals surface area contributed by atoms with Crippen molar-refractivity contribution in [2.75, 3.05) is 19.3 Å². The zero-order valence-corrected chi connectivity index (χ0v) is 17.4. The molecular weight excluding hydrogens is 394 g/mol. The molecule has 3 aromatic heterocycles. The minimum Gasteiger partial charge on any atom is -0.338 e. The average Bonchev–Trinajstić information content (AvgIpc) is 3.32. The first-order chi connectivity index (χ1) is 13.8. The molecule has 1 aliphatic rings. The molecule has 10 nitrogen and oxygen atoms in total. The lowest BCUT2D eigenvalue weighted by molar-refractivity contribution is 0.0703. The first-order valence-corrected chi connectivity index (χ1v) is 11.4. The quantitative estimate of drug-likeness (QED) is 0.623. The lowest BCUT2D eigenvalue weighted by Gasteiger charge is -2.33. The SMILES string of the molecule is CCn1cc(C(=O)N2CCCC(c3c(S(C)(=O)=O)cnc4ncnn34)C2)c(C)n1. The van der Waals surface area contributed by atoms with Crippen LogP contribution in [-0.2, 0) is 16.4 Å². The molecule has 11 heteroatoms. The Balaban J connectivity index is 1.71. The van der Waals surface area contributed by atoms with Crippen molar-refractivity contribution in [2.24, 2.45) is 0 Å². The predicted molar refractivity (Wildman–Crippen MR) is 104 cm³/mol. The zero-order chi connectivity index (χ0) is 20.8. The van der Waals surface area contributed by atoms with Gasteiger partial charge in [-0.15, -0.1) is 0 Å². The number of fused-ring (bicyclic) bond motifs is 1. The van der Waals surface area contributed by atoms with E-state index in [2.05, 4.69) is 20.2 Å². The van der Waals surface area contributed by atoms with Gasteiger partial charge >= 0.3 is 0 Å². The van der Waals surface area contributed by atoms with Crippen LogP contribution < -0.4 is 0 Å². The Morgan fingerprint density at radius 1 is 1.31 bits per heavy atom. The molecular formula is C18H23N7O3S. The number of carbonyl (C=O) groups is 1. The minimum atomic E-state index is -3.52. The topological polar surface area (TPSA) is 115 Å². The number of nitrogens with zero attached hydrogens (tertiary/aromatic N) is 7. The summed E-state index contributed by atoms with van der Waals surface area (Å²) in [6.07, 6.45) is 7.13. The molecule has 0 N–H and O–H groups in total. The van der Waals surface area contributed by atoms with Crippen LogP contribution in [0.25, 0.3) is 5.78 Å². The summed E-state index contributed by atoms with van der Waals surface area (Å²) in [5, 5.41) is 8.55. The number of amides is 1. The maximum atomic E-state index is 13.1. The van der Waals surface area contributed by atoms with Gasteiger partial charge in [0.1, 0.15) is 11.2 Å². The monoisotopic (exact) mass is 417 g/mol. The molecule has 0 aromatic carbocycles. The molecule has 154 valence electrons. The van der Waals surface area contributed by atoms with Gasteiger partial charge in [0.15, 0.2) is 9.84 Å². The Bertz CT molecular complexity index is 1180. The predicted octanol–water partition coefficient (Wildman–Crippen LogP) is 1.07. The molecule has 4 rings (SSSR count). The molecule has 0 saturated carbocycles. The van der Waals surface area contributed by atoms with E-state index in [1.54, 1.807) is 15.8 Å². The summed E-state index contributed by atoms with van der Waals surface area (Å²) < 4.78 is 28.0. The van der Waals surface area contributed by atoms with Crippen molar-refractivity contribution in [1.29, 1.82) is 0 Å². The average molecular weight is 417 g/mol. The van der Waals surface area contributed by atoms with E-state index in [4.69, 9.17) is 0 Å². The van der Waals surface area contributed by atoms with E-state index < -0.39 is 9.84 Å². The van der Waals surface area contributed by atoms with Crippen LogP contribution in [0.5, 0.6) is 0 Å². The van der Waals surface area contributed by atoms with Gasteiger partial charge in [-0.25, -0.2) is 13.4 Å². The van der Waals surface area contributed by atoms with Crippen LogP contribution in [0.1, 0.15) is 47.4 Å². The highest BCUT2D eigenvalue weighted by atomic mass is 32.2. The van der Waals surface area contributed by atoms with Crippen LogP contribution in [0.4, 0.5) is 0 Å². The van der Waals surface area contributed by atoms with E-state index in [1.807, 2.05) is 13.8 Å². The molecule has 0 radical (unpaired) electrons. The number of sulfone groups is 1. The summed E-state index contributed by atoms with van der Waals surface area (Å²) in [4.78, 5) is 23.2. The van der Waals surface area contributed by atoms with Crippen LogP contribution in [0.3, 0.4) is 0 Å². The lowest BCUT2D eigenvalue weighted by Crippen LogP contribution is -2.40. The number of hydrogen-bond acceptors (Lipinski definition) is 7. The van der Waals surface area contributed by atoms with Crippen LogP contribution >= 0.6 is 0 Å². The Hall–Kier alpha value is -2.82. The van der Waals surface area contributed by atoms with Crippen molar-refractivity contribution in [1.82, 2.24) is 34.3 Å². The number of hydrogen-bond donors (Lipinski definition) is 0. The first-order valence-electron chi connectivity index (χ1n) is 9.51. The third kappa shape index (κ3) is 3.50. The van der Waals surface area contributed by atoms with E-state index in [-0.39, 0.29) is 16.7 Å². The molecule has 1 aliphatic heterocycles. The number of aromatic nitrogens is 6. The van der Waals surface area contributed by atoms with E-state index in [1.165, 1.54) is 17.0 Å². The Morgan fingerprint density at radius 3 is 2.79 bits per heavy atom. The molecule has 1 saturated heterocycles. The maximum absolute atomic E-state index is 13.1. The summed E-state index contributed by atoms with van der Waals surface area (Å²) in [7, 11) is -3.52. The van der Waals surface area contributed by atoms with Gasteiger partial charge in [0.2, 0.25) is 0 Å². The fraction of sp³-hybridized carbons (Fsp3) is 0.500. The molecule has 1 atom stereocenters. The third-order valence-corrected chi connectivity index (χ3v) is 6.42. The summed E-state index contributed by atoms with van der Waals surface area (Å²) in [6.45, 7) is 5.50. The van der Waals surface area contributed by atoms with E-state index >= 15 is 0 Å². The molecule has 0 spiro atoms. The van der Waals surface area contributed by atoms with Crippen molar-refractivity contribution < 1.29 is 13.2 Å². The largest absolute Gasteiger partial charge is 0.338 e. The van der Waals surface area contributed by atoms with E-state index in [0.717, 1.165) is 19.1 Å². The molecule has 3 aromatic rings. The fourth-order valence-electron chi connectivity index (χ4n) is 3.89. The van der Waals surface area contributed by atoms with Crippen LogP contribution in [0.2, 0.25) is 0 Å². The van der Waals surface area contributed by atoms with Crippen molar-refractivity contribution in [2.45, 2.75) is 44.0 Å². The molecule has 4 heterocycles. The number of rotatable bonds is 4. The lowest BCUT2D eigenvalue weighted by atomic mass is 9.94. The standard InChI is InChI=1S/C18H23N7O3S/c1-4-24-10-14(12(2)22-24)17(26)23-7-5-6-13(9-23)16-15(29(3,27)28)8-19-18-20-11-21-25(16)18/h8,10-11,13H,4-7,9H2,1-3H3. The Kier molecular flexibility index (Phi) is 4.85. The number of likely N-dealkylation sites (tertiary alicyclic amines) is 1. The molecule has 1 fully saturated rings. The van der Waals surface area contributed by atoms with Crippen LogP contribution in [-0.4, -0.2) is 67.9 Å². The van der Waals surface area contributed by atoms with E-state index in [0.29, 0.717) is 42.4 Å². The van der Waals surface area contributed by atoms with Crippen LogP contribution in [0.15, 0.2) is 23.6 Å². The zero-order valence-electron chi connectivity index (χ0n) is 16.6. The van der Waals surface area contributed by atoms with Gasteiger partial charge in [0, 0.05) is 38.0 Å². The van der Waals surface area contributed by atoms with Gasteiger partial charge in [-0.2, -0.15) is 19.7 Å². The second-order valence-corrected chi connectivity index (χ2v) is 9.31. The second kappa shape index (κ2) is 7.21. The highest BCUT2D eigenvalue weighted by Crippen LogP contribution is 2.32. The maximum Gasteiger partial charge on any atom is 0.257 e. The highest BCUT2D eigenvalue weighted by molar-refractivity contribution is 7.90. The number of carbonyl (C=O) groups excluding carboxylic acids is 1. The fourth-order valence-corrected chi connectivity index (χ4v) is 4.76. The number of aryl methyl sites for hydroxylation is 2. The second-order valence-electron chi connectivity index (χ2n) is 7.33. The van der Waals surface area contributed by atoms with Gasteiger partial charge in [0.25, 0.3) is 11.7 Å². The molecule has 1 amide bonds. The summed E-state index contributed by atoms with van der Waals surface area (Å²) >= 11 is 0.